The van der Waals surface area contributed by atoms with E-state index in [1.54, 1.807) is 29.2 Å². The quantitative estimate of drug-likeness (QED) is 0.784. The number of rotatable bonds is 5. The van der Waals surface area contributed by atoms with E-state index in [0.29, 0.717) is 15.9 Å². The number of carbonyl (C=O) groups is 2. The summed E-state index contributed by atoms with van der Waals surface area (Å²) in [7, 11) is -3.13. The van der Waals surface area contributed by atoms with Crippen molar-refractivity contribution in [2.24, 2.45) is 4.99 Å². The summed E-state index contributed by atoms with van der Waals surface area (Å²) in [6.45, 7) is 0. The average molecular weight is 417 g/mol. The number of fused-ring (bicyclic) bond motifs is 1. The van der Waals surface area contributed by atoms with Crippen LogP contribution in [-0.4, -0.2) is 53.4 Å². The summed E-state index contributed by atoms with van der Waals surface area (Å²) in [6, 6.07) is 6.68. The number of sulfone groups is 1. The molecule has 2 saturated heterocycles. The van der Waals surface area contributed by atoms with E-state index in [9.17, 15) is 18.0 Å². The smallest absolute Gasteiger partial charge is 0.303 e. The van der Waals surface area contributed by atoms with E-state index in [-0.39, 0.29) is 42.1 Å². The van der Waals surface area contributed by atoms with Gasteiger partial charge in [-0.15, -0.1) is 0 Å². The van der Waals surface area contributed by atoms with E-state index < -0.39 is 21.7 Å². The van der Waals surface area contributed by atoms with Gasteiger partial charge in [-0.25, -0.2) is 8.42 Å². The summed E-state index contributed by atoms with van der Waals surface area (Å²) in [4.78, 5) is 28.6. The van der Waals surface area contributed by atoms with Crippen LogP contribution >= 0.6 is 23.4 Å². The first kappa shape index (κ1) is 19.2. The van der Waals surface area contributed by atoms with Crippen LogP contribution in [0.25, 0.3) is 0 Å². The highest BCUT2D eigenvalue weighted by atomic mass is 35.5. The van der Waals surface area contributed by atoms with Crippen molar-refractivity contribution >= 4 is 55.9 Å². The topological polar surface area (TPSA) is 104 Å². The Labute approximate surface area is 160 Å². The van der Waals surface area contributed by atoms with Crippen LogP contribution in [0.15, 0.2) is 29.3 Å². The molecule has 0 bridgehead atoms. The summed E-state index contributed by atoms with van der Waals surface area (Å²) < 4.78 is 24.0. The number of aliphatic imine (C=N–C) groups is 1. The Hall–Kier alpha value is -1.58. The lowest BCUT2D eigenvalue weighted by atomic mass is 10.2. The van der Waals surface area contributed by atoms with Crippen LogP contribution in [0.1, 0.15) is 19.3 Å². The second-order valence-corrected chi connectivity index (χ2v) is 9.98. The lowest BCUT2D eigenvalue weighted by Gasteiger charge is -2.24. The highest BCUT2D eigenvalue weighted by molar-refractivity contribution is 8.16. The molecule has 26 heavy (non-hydrogen) atoms. The van der Waals surface area contributed by atoms with Crippen LogP contribution in [-0.2, 0) is 19.4 Å². The standard InChI is InChI=1S/C16H17ClN2O5S2/c17-10-3-1-4-11(7-10)19-12-8-26(23,24)9-13(12)25-16(19)18-14(20)5-2-6-15(21)22/h1,3-4,7,12-13H,2,5-6,8-9H2,(H,21,22). The number of halogens is 1. The van der Waals surface area contributed by atoms with E-state index in [2.05, 4.69) is 4.99 Å². The van der Waals surface area contributed by atoms with Gasteiger partial charge in [0.05, 0.1) is 17.5 Å². The number of carboxylic acids is 1. The Morgan fingerprint density at radius 1 is 1.31 bits per heavy atom. The summed E-state index contributed by atoms with van der Waals surface area (Å²) >= 11 is 7.34. The normalized spacial score (nSPS) is 25.4. The number of amidine groups is 1. The Balaban J connectivity index is 1.85. The van der Waals surface area contributed by atoms with Gasteiger partial charge in [0.1, 0.15) is 0 Å². The first-order chi connectivity index (χ1) is 12.2. The number of nitrogens with zero attached hydrogens (tertiary/aromatic N) is 2. The highest BCUT2D eigenvalue weighted by Gasteiger charge is 2.49. The summed E-state index contributed by atoms with van der Waals surface area (Å²) in [5.74, 6) is -1.32. The van der Waals surface area contributed by atoms with Crippen LogP contribution in [0.2, 0.25) is 5.02 Å². The minimum Gasteiger partial charge on any atom is -0.481 e. The van der Waals surface area contributed by atoms with Gasteiger partial charge in [-0.05, 0) is 24.6 Å². The fourth-order valence-electron chi connectivity index (χ4n) is 3.05. The molecule has 1 aromatic rings. The number of carbonyl (C=O) groups excluding carboxylic acids is 1. The second kappa shape index (κ2) is 7.58. The molecule has 1 amide bonds. The van der Waals surface area contributed by atoms with Gasteiger partial charge in [-0.1, -0.05) is 29.4 Å². The number of hydrogen-bond acceptors (Lipinski definition) is 5. The molecule has 2 aliphatic rings. The van der Waals surface area contributed by atoms with Crippen LogP contribution < -0.4 is 4.90 Å². The lowest BCUT2D eigenvalue weighted by Crippen LogP contribution is -2.37. The molecule has 2 unspecified atom stereocenters. The zero-order chi connectivity index (χ0) is 18.9. The number of benzene rings is 1. The molecule has 7 nitrogen and oxygen atoms in total. The van der Waals surface area contributed by atoms with Crippen LogP contribution in [0.3, 0.4) is 0 Å². The number of carboxylic acid groups (broad SMARTS) is 1. The zero-order valence-electron chi connectivity index (χ0n) is 13.7. The van der Waals surface area contributed by atoms with Crippen molar-refractivity contribution < 1.29 is 23.1 Å². The first-order valence-corrected chi connectivity index (χ1v) is 11.1. The lowest BCUT2D eigenvalue weighted by molar-refractivity contribution is -0.137. The van der Waals surface area contributed by atoms with Crippen LogP contribution in [0.4, 0.5) is 5.69 Å². The second-order valence-electron chi connectivity index (χ2n) is 6.19. The van der Waals surface area contributed by atoms with Gasteiger partial charge in [0.15, 0.2) is 15.0 Å². The van der Waals surface area contributed by atoms with Gasteiger partial charge in [0, 0.05) is 28.8 Å². The van der Waals surface area contributed by atoms with Gasteiger partial charge in [0.2, 0.25) is 5.91 Å². The van der Waals surface area contributed by atoms with Gasteiger partial charge in [-0.3, -0.25) is 9.59 Å². The van der Waals surface area contributed by atoms with Crippen molar-refractivity contribution in [3.05, 3.63) is 29.3 Å². The van der Waals surface area contributed by atoms with Crippen molar-refractivity contribution in [2.75, 3.05) is 16.4 Å². The molecule has 2 aliphatic heterocycles. The Kier molecular flexibility index (Phi) is 5.59. The average Bonchev–Trinajstić information content (AvgIpc) is 2.97. The molecule has 1 N–H and O–H groups in total. The maximum Gasteiger partial charge on any atom is 0.303 e. The predicted molar refractivity (Wildman–Crippen MR) is 102 cm³/mol. The third-order valence-corrected chi connectivity index (χ3v) is 7.60. The molecule has 0 radical (unpaired) electrons. The molecular weight excluding hydrogens is 400 g/mol. The Morgan fingerprint density at radius 3 is 2.77 bits per heavy atom. The van der Waals surface area contributed by atoms with E-state index in [0.717, 1.165) is 0 Å². The van der Waals surface area contributed by atoms with Gasteiger partial charge < -0.3 is 10.0 Å². The fourth-order valence-corrected chi connectivity index (χ4v) is 7.16. The van der Waals surface area contributed by atoms with Crippen molar-refractivity contribution in [1.29, 1.82) is 0 Å². The third kappa shape index (κ3) is 4.39. The molecule has 0 aromatic heterocycles. The van der Waals surface area contributed by atoms with E-state index in [1.807, 2.05) is 0 Å². The van der Waals surface area contributed by atoms with Crippen molar-refractivity contribution in [3.63, 3.8) is 0 Å². The van der Waals surface area contributed by atoms with Crippen LogP contribution in [0, 0.1) is 0 Å². The maximum absolute atomic E-state index is 12.1. The Morgan fingerprint density at radius 2 is 2.08 bits per heavy atom. The molecule has 2 heterocycles. The van der Waals surface area contributed by atoms with Crippen molar-refractivity contribution in [1.82, 2.24) is 0 Å². The van der Waals surface area contributed by atoms with Crippen LogP contribution in [0.5, 0.6) is 0 Å². The van der Waals surface area contributed by atoms with Crippen molar-refractivity contribution in [3.8, 4) is 0 Å². The minimum atomic E-state index is -3.13. The van der Waals surface area contributed by atoms with E-state index >= 15 is 0 Å². The van der Waals surface area contributed by atoms with Gasteiger partial charge in [0.25, 0.3) is 0 Å². The zero-order valence-corrected chi connectivity index (χ0v) is 16.1. The number of hydrogen-bond donors (Lipinski definition) is 1. The minimum absolute atomic E-state index is 0.00338. The number of amides is 1. The van der Waals surface area contributed by atoms with E-state index in [1.165, 1.54) is 11.8 Å². The first-order valence-electron chi connectivity index (χ1n) is 8.00. The monoisotopic (exact) mass is 416 g/mol. The SMILES string of the molecule is O=C(O)CCCC(=O)N=C1SC2CS(=O)(=O)CC2N1c1cccc(Cl)c1. The number of anilines is 1. The maximum atomic E-state index is 12.1. The summed E-state index contributed by atoms with van der Waals surface area (Å²) in [5, 5.41) is 9.41. The third-order valence-electron chi connectivity index (χ3n) is 4.15. The molecule has 2 fully saturated rings. The van der Waals surface area contributed by atoms with Gasteiger partial charge in [-0.2, -0.15) is 4.99 Å². The highest BCUT2D eigenvalue weighted by Crippen LogP contribution is 2.41. The van der Waals surface area contributed by atoms with E-state index in [4.69, 9.17) is 16.7 Å². The molecule has 3 rings (SSSR count). The number of aliphatic carboxylic acids is 1. The number of thioether (sulfide) groups is 1. The molecule has 1 aromatic carbocycles. The molecular formula is C16H17ClN2O5S2. The van der Waals surface area contributed by atoms with Crippen molar-refractivity contribution in [2.45, 2.75) is 30.6 Å². The fraction of sp³-hybridized carbons (Fsp3) is 0.438. The Bertz CT molecular complexity index is 871. The largest absolute Gasteiger partial charge is 0.481 e. The molecule has 0 aliphatic carbocycles. The predicted octanol–water partition coefficient (Wildman–Crippen LogP) is 2.20. The molecule has 140 valence electrons. The summed E-state index contributed by atoms with van der Waals surface area (Å²) in [6.07, 6.45) is 0.159. The summed E-state index contributed by atoms with van der Waals surface area (Å²) in [5.41, 5.74) is 0.687. The molecule has 0 saturated carbocycles. The van der Waals surface area contributed by atoms with Gasteiger partial charge >= 0.3 is 5.97 Å². The molecule has 2 atom stereocenters. The molecule has 0 spiro atoms. The molecule has 10 heteroatoms.